The monoisotopic (exact) mass is 374 g/mol. The molecule has 2 rings (SSSR count). The maximum absolute atomic E-state index is 12.6. The average Bonchev–Trinajstić information content (AvgIpc) is 3.08. The molecule has 2 N–H and O–H groups in total. The van der Waals surface area contributed by atoms with Crippen LogP contribution >= 0.6 is 11.3 Å². The number of benzene rings is 1. The lowest BCUT2D eigenvalue weighted by molar-refractivity contribution is -0.124. The van der Waals surface area contributed by atoms with E-state index in [9.17, 15) is 9.59 Å². The summed E-state index contributed by atoms with van der Waals surface area (Å²) < 4.78 is 5.24. The second-order valence-electron chi connectivity index (χ2n) is 6.30. The molecule has 0 spiro atoms. The van der Waals surface area contributed by atoms with Crippen LogP contribution in [-0.4, -0.2) is 18.0 Å². The lowest BCUT2D eigenvalue weighted by Crippen LogP contribution is -2.50. The van der Waals surface area contributed by atoms with Gasteiger partial charge in [-0.2, -0.15) is 0 Å². The van der Waals surface area contributed by atoms with Gasteiger partial charge in [-0.25, -0.2) is 4.79 Å². The highest BCUT2D eigenvalue weighted by molar-refractivity contribution is 7.11. The van der Waals surface area contributed by atoms with E-state index in [4.69, 9.17) is 4.74 Å². The Morgan fingerprint density at radius 3 is 2.50 bits per heavy atom. The molecule has 1 aromatic heterocycles. The van der Waals surface area contributed by atoms with Crippen LogP contribution in [0.4, 0.5) is 4.79 Å². The van der Waals surface area contributed by atoms with Crippen LogP contribution in [0.15, 0.2) is 42.5 Å². The Morgan fingerprint density at radius 1 is 1.15 bits per heavy atom. The minimum atomic E-state index is -0.621. The molecule has 140 valence electrons. The van der Waals surface area contributed by atoms with Crippen LogP contribution in [-0.2, 0) is 22.7 Å². The molecule has 0 radical (unpaired) electrons. The van der Waals surface area contributed by atoms with Crippen molar-refractivity contribution in [2.75, 3.05) is 0 Å². The first-order valence-corrected chi connectivity index (χ1v) is 9.61. The average molecular weight is 375 g/mol. The van der Waals surface area contributed by atoms with Crippen LogP contribution in [0.1, 0.15) is 35.6 Å². The molecule has 2 aromatic rings. The van der Waals surface area contributed by atoms with Crippen LogP contribution in [0.5, 0.6) is 0 Å². The van der Waals surface area contributed by atoms with E-state index in [1.54, 1.807) is 11.3 Å². The van der Waals surface area contributed by atoms with Crippen molar-refractivity contribution in [3.05, 3.63) is 57.8 Å². The zero-order valence-electron chi connectivity index (χ0n) is 15.5. The van der Waals surface area contributed by atoms with Gasteiger partial charge in [0.25, 0.3) is 0 Å². The number of thiophene rings is 1. The highest BCUT2D eigenvalue weighted by atomic mass is 32.1. The van der Waals surface area contributed by atoms with Crippen molar-refractivity contribution in [2.24, 2.45) is 5.92 Å². The zero-order valence-corrected chi connectivity index (χ0v) is 16.3. The summed E-state index contributed by atoms with van der Waals surface area (Å²) >= 11 is 1.65. The first-order chi connectivity index (χ1) is 12.5. The Labute approximate surface area is 158 Å². The molecule has 0 aliphatic heterocycles. The SMILES string of the molecule is CC[C@H](C)[C@H](NC(=O)OCc1ccccc1)C(=O)NCc1ccc(C)s1. The molecule has 0 aliphatic rings. The first-order valence-electron chi connectivity index (χ1n) is 8.79. The lowest BCUT2D eigenvalue weighted by atomic mass is 9.98. The van der Waals surface area contributed by atoms with Crippen LogP contribution in [0.2, 0.25) is 0 Å². The van der Waals surface area contributed by atoms with Gasteiger partial charge in [-0.3, -0.25) is 4.79 Å². The van der Waals surface area contributed by atoms with Gasteiger partial charge in [0.15, 0.2) is 0 Å². The molecule has 2 atom stereocenters. The normalized spacial score (nSPS) is 12.9. The Bertz CT molecular complexity index is 715. The van der Waals surface area contributed by atoms with Crippen LogP contribution in [0.3, 0.4) is 0 Å². The first kappa shape index (κ1) is 20.0. The standard InChI is InChI=1S/C20H26N2O3S/c1-4-14(2)18(19(23)21-12-17-11-10-15(3)26-17)22-20(24)25-13-16-8-6-5-7-9-16/h5-11,14,18H,4,12-13H2,1-3H3,(H,21,23)(H,22,24)/t14-,18-/m0/s1. The smallest absolute Gasteiger partial charge is 0.408 e. The van der Waals surface area contributed by atoms with Crippen molar-refractivity contribution < 1.29 is 14.3 Å². The van der Waals surface area contributed by atoms with Crippen molar-refractivity contribution in [1.29, 1.82) is 0 Å². The molecule has 0 bridgehead atoms. The summed E-state index contributed by atoms with van der Waals surface area (Å²) in [4.78, 5) is 27.0. The Balaban J connectivity index is 1.88. The number of hydrogen-bond acceptors (Lipinski definition) is 4. The number of nitrogens with one attached hydrogen (secondary N) is 2. The van der Waals surface area contributed by atoms with E-state index in [-0.39, 0.29) is 18.4 Å². The van der Waals surface area contributed by atoms with Gasteiger partial charge in [0.05, 0.1) is 6.54 Å². The molecule has 5 nitrogen and oxygen atoms in total. The van der Waals surface area contributed by atoms with Gasteiger partial charge in [-0.1, -0.05) is 50.6 Å². The third-order valence-corrected chi connectivity index (χ3v) is 5.22. The number of aryl methyl sites for hydroxylation is 1. The second kappa shape index (κ2) is 9.97. The van der Waals surface area contributed by atoms with Gasteiger partial charge in [0.1, 0.15) is 12.6 Å². The number of hydrogen-bond donors (Lipinski definition) is 2. The predicted octanol–water partition coefficient (Wildman–Crippen LogP) is 4.01. The number of carbonyl (C=O) groups excluding carboxylic acids is 2. The fourth-order valence-corrected chi connectivity index (χ4v) is 3.29. The molecule has 1 aromatic carbocycles. The quantitative estimate of drug-likeness (QED) is 0.733. The van der Waals surface area contributed by atoms with Gasteiger partial charge < -0.3 is 15.4 Å². The van der Waals surface area contributed by atoms with Gasteiger partial charge in [0.2, 0.25) is 5.91 Å². The third-order valence-electron chi connectivity index (χ3n) is 4.21. The van der Waals surface area contributed by atoms with Crippen molar-refractivity contribution in [2.45, 2.75) is 46.4 Å². The fourth-order valence-electron chi connectivity index (χ4n) is 2.46. The van der Waals surface area contributed by atoms with E-state index in [1.807, 2.05) is 63.2 Å². The molecule has 0 aliphatic carbocycles. The number of carbonyl (C=O) groups is 2. The minimum Gasteiger partial charge on any atom is -0.445 e. The summed E-state index contributed by atoms with van der Waals surface area (Å²) in [5.41, 5.74) is 0.903. The highest BCUT2D eigenvalue weighted by Crippen LogP contribution is 2.15. The lowest BCUT2D eigenvalue weighted by Gasteiger charge is -2.23. The number of alkyl carbamates (subject to hydrolysis) is 1. The van der Waals surface area contributed by atoms with E-state index >= 15 is 0 Å². The van der Waals surface area contributed by atoms with Gasteiger partial charge in [-0.15, -0.1) is 11.3 Å². The van der Waals surface area contributed by atoms with Crippen LogP contribution < -0.4 is 10.6 Å². The van der Waals surface area contributed by atoms with Crippen molar-refractivity contribution >= 4 is 23.3 Å². The fraction of sp³-hybridized carbons (Fsp3) is 0.400. The van der Waals surface area contributed by atoms with Gasteiger partial charge in [0, 0.05) is 9.75 Å². The maximum atomic E-state index is 12.6. The second-order valence-corrected chi connectivity index (χ2v) is 7.67. The summed E-state index contributed by atoms with van der Waals surface area (Å²) in [5.74, 6) is -0.189. The maximum Gasteiger partial charge on any atom is 0.408 e. The molecule has 0 saturated heterocycles. The summed E-state index contributed by atoms with van der Waals surface area (Å²) in [5, 5.41) is 5.62. The number of amides is 2. The van der Waals surface area contributed by atoms with E-state index in [1.165, 1.54) is 4.88 Å². The molecule has 0 unspecified atom stereocenters. The molecule has 0 fully saturated rings. The van der Waals surface area contributed by atoms with Crippen LogP contribution in [0, 0.1) is 12.8 Å². The van der Waals surface area contributed by atoms with E-state index < -0.39 is 12.1 Å². The Kier molecular flexibility index (Phi) is 7.66. The van der Waals surface area contributed by atoms with E-state index in [0.717, 1.165) is 16.9 Å². The van der Waals surface area contributed by atoms with Gasteiger partial charge in [-0.05, 0) is 30.5 Å². The summed E-state index contributed by atoms with van der Waals surface area (Å²) in [6.07, 6.45) is 0.191. The molecular weight excluding hydrogens is 348 g/mol. The number of rotatable bonds is 8. The summed E-state index contributed by atoms with van der Waals surface area (Å²) in [7, 11) is 0. The van der Waals surface area contributed by atoms with Crippen LogP contribution in [0.25, 0.3) is 0 Å². The highest BCUT2D eigenvalue weighted by Gasteiger charge is 2.26. The van der Waals surface area contributed by atoms with Crippen molar-refractivity contribution in [3.63, 3.8) is 0 Å². The van der Waals surface area contributed by atoms with Crippen molar-refractivity contribution in [1.82, 2.24) is 10.6 Å². The van der Waals surface area contributed by atoms with Gasteiger partial charge >= 0.3 is 6.09 Å². The van der Waals surface area contributed by atoms with Crippen molar-refractivity contribution in [3.8, 4) is 0 Å². The Hall–Kier alpha value is -2.34. The molecule has 0 saturated carbocycles. The summed E-state index contributed by atoms with van der Waals surface area (Å²) in [6.45, 7) is 6.60. The largest absolute Gasteiger partial charge is 0.445 e. The minimum absolute atomic E-state index is 0.00403. The third kappa shape index (κ3) is 6.19. The summed E-state index contributed by atoms with van der Waals surface area (Å²) in [6, 6.07) is 12.9. The molecule has 26 heavy (non-hydrogen) atoms. The molecule has 6 heteroatoms. The predicted molar refractivity (Wildman–Crippen MR) is 104 cm³/mol. The topological polar surface area (TPSA) is 67.4 Å². The molecule has 1 heterocycles. The number of ether oxygens (including phenoxy) is 1. The zero-order chi connectivity index (χ0) is 18.9. The van der Waals surface area contributed by atoms with E-state index in [2.05, 4.69) is 10.6 Å². The van der Waals surface area contributed by atoms with E-state index in [0.29, 0.717) is 6.54 Å². The molecule has 2 amide bonds. The molecular formula is C20H26N2O3S. The Morgan fingerprint density at radius 2 is 1.88 bits per heavy atom.